The predicted octanol–water partition coefficient (Wildman–Crippen LogP) is 6.25. The Labute approximate surface area is 166 Å². The van der Waals surface area contributed by atoms with Crippen LogP contribution in [0.25, 0.3) is 0 Å². The number of rotatable bonds is 8. The van der Waals surface area contributed by atoms with Crippen LogP contribution in [0.1, 0.15) is 87.7 Å². The zero-order chi connectivity index (χ0) is 19.3. The first-order valence-electron chi connectivity index (χ1n) is 9.53. The van der Waals surface area contributed by atoms with Gasteiger partial charge in [-0.15, -0.1) is 0 Å². The number of hydrogen-bond donors (Lipinski definition) is 0. The summed E-state index contributed by atoms with van der Waals surface area (Å²) < 4.78 is 7.80. The van der Waals surface area contributed by atoms with Crippen molar-refractivity contribution in [1.82, 2.24) is 0 Å². The maximum absolute atomic E-state index is 6.39. The molecule has 0 aliphatic carbocycles. The minimum atomic E-state index is -0.0546. The summed E-state index contributed by atoms with van der Waals surface area (Å²) in [5.74, 6) is 1.52. The van der Waals surface area contributed by atoms with E-state index in [-0.39, 0.29) is 21.4 Å². The number of benzene rings is 2. The molecule has 0 saturated carbocycles. The summed E-state index contributed by atoms with van der Waals surface area (Å²) >= 11 is -0.0522. The molecule has 0 bridgehead atoms. The van der Waals surface area contributed by atoms with Crippen molar-refractivity contribution in [3.8, 4) is 0 Å². The van der Waals surface area contributed by atoms with Crippen LogP contribution in [0.3, 0.4) is 0 Å². The molecule has 0 aliphatic rings. The van der Waals surface area contributed by atoms with Crippen molar-refractivity contribution in [3.05, 3.63) is 77.4 Å². The Balaban J connectivity index is 2.39. The summed E-state index contributed by atoms with van der Waals surface area (Å²) in [6.07, 6.45) is 1.85. The van der Waals surface area contributed by atoms with Crippen molar-refractivity contribution < 1.29 is 3.82 Å². The first-order valence-corrected chi connectivity index (χ1v) is 11.1. The molecule has 0 fully saturated rings. The topological polar surface area (TPSA) is 9.23 Å². The van der Waals surface area contributed by atoms with E-state index in [0.717, 1.165) is 0 Å². The van der Waals surface area contributed by atoms with E-state index in [2.05, 4.69) is 84.5 Å². The van der Waals surface area contributed by atoms with Crippen LogP contribution >= 0.6 is 0 Å². The number of hydrogen-bond acceptors (Lipinski definition) is 1. The molecule has 0 spiro atoms. The molecule has 2 heteroatoms. The van der Waals surface area contributed by atoms with Gasteiger partial charge in [-0.1, -0.05) is 0 Å². The third kappa shape index (κ3) is 5.10. The molecular weight excluding hydrogens is 383 g/mol. The molecule has 0 aromatic heterocycles. The van der Waals surface area contributed by atoms with Crippen molar-refractivity contribution in [2.45, 2.75) is 65.4 Å². The molecule has 1 atom stereocenters. The van der Waals surface area contributed by atoms with Crippen molar-refractivity contribution in [1.29, 1.82) is 0 Å². The Morgan fingerprint density at radius 2 is 1.35 bits per heavy atom. The second-order valence-electron chi connectivity index (χ2n) is 7.74. The quantitative estimate of drug-likeness (QED) is 0.366. The van der Waals surface area contributed by atoms with Gasteiger partial charge in [0.1, 0.15) is 0 Å². The molecule has 1 nitrogen and oxygen atoms in total. The van der Waals surface area contributed by atoms with E-state index in [9.17, 15) is 0 Å². The Morgan fingerprint density at radius 1 is 0.808 bits per heavy atom. The van der Waals surface area contributed by atoms with Crippen LogP contribution in [0, 0.1) is 0 Å². The first kappa shape index (κ1) is 21.0. The second-order valence-corrected chi connectivity index (χ2v) is 9.35. The molecule has 2 aromatic carbocycles. The molecule has 0 amide bonds. The van der Waals surface area contributed by atoms with Crippen molar-refractivity contribution in [3.63, 3.8) is 0 Å². The maximum atomic E-state index is 6.39. The standard InChI is InChI=1S/C24H32OSe/c1-8-23(19-12-10-9-11-13-19)25-26-24-21(17(4)5)14-20(16(2)3)15-22(24)18(6)7/h8-18,23H,1H2,2-7H3. The van der Waals surface area contributed by atoms with Gasteiger partial charge < -0.3 is 0 Å². The summed E-state index contributed by atoms with van der Waals surface area (Å²) in [5.41, 5.74) is 5.48. The van der Waals surface area contributed by atoms with Gasteiger partial charge in [0, 0.05) is 0 Å². The summed E-state index contributed by atoms with van der Waals surface area (Å²) in [5, 5.41) is 0. The van der Waals surface area contributed by atoms with Crippen LogP contribution in [0.15, 0.2) is 55.1 Å². The average Bonchev–Trinajstić information content (AvgIpc) is 2.62. The van der Waals surface area contributed by atoms with E-state index in [0.29, 0.717) is 17.8 Å². The van der Waals surface area contributed by atoms with E-state index in [1.807, 2.05) is 12.1 Å². The normalized spacial score (nSPS) is 12.8. The van der Waals surface area contributed by atoms with E-state index in [1.165, 1.54) is 26.7 Å². The van der Waals surface area contributed by atoms with Crippen LogP contribution in [-0.2, 0) is 3.82 Å². The third-order valence-electron chi connectivity index (χ3n) is 4.66. The van der Waals surface area contributed by atoms with Crippen molar-refractivity contribution >= 4 is 19.7 Å². The Kier molecular flexibility index (Phi) is 7.70. The van der Waals surface area contributed by atoms with Gasteiger partial charge in [-0.25, -0.2) is 0 Å². The van der Waals surface area contributed by atoms with E-state index < -0.39 is 0 Å². The molecule has 140 valence electrons. The van der Waals surface area contributed by atoms with Crippen molar-refractivity contribution in [2.24, 2.45) is 0 Å². The summed E-state index contributed by atoms with van der Waals surface area (Å²) in [7, 11) is 0. The third-order valence-corrected chi connectivity index (χ3v) is 6.63. The first-order chi connectivity index (χ1) is 12.3. The van der Waals surface area contributed by atoms with Gasteiger partial charge >= 0.3 is 166 Å². The van der Waals surface area contributed by atoms with Gasteiger partial charge in [0.2, 0.25) is 0 Å². The molecule has 1 unspecified atom stereocenters. The average molecular weight is 415 g/mol. The van der Waals surface area contributed by atoms with Gasteiger partial charge in [0.25, 0.3) is 0 Å². The minimum absolute atomic E-state index is 0.0522. The van der Waals surface area contributed by atoms with E-state index in [4.69, 9.17) is 3.82 Å². The predicted molar refractivity (Wildman–Crippen MR) is 115 cm³/mol. The Morgan fingerprint density at radius 3 is 1.77 bits per heavy atom. The van der Waals surface area contributed by atoms with Crippen molar-refractivity contribution in [2.75, 3.05) is 0 Å². The summed E-state index contributed by atoms with van der Waals surface area (Å²) in [4.78, 5) is 0. The molecule has 0 saturated heterocycles. The van der Waals surface area contributed by atoms with Crippen LogP contribution in [0.4, 0.5) is 0 Å². The zero-order valence-corrected chi connectivity index (χ0v) is 18.7. The molecule has 0 aliphatic heterocycles. The van der Waals surface area contributed by atoms with Gasteiger partial charge in [0.15, 0.2) is 0 Å². The molecule has 0 N–H and O–H groups in total. The van der Waals surface area contributed by atoms with Crippen LogP contribution < -0.4 is 4.46 Å². The molecule has 26 heavy (non-hydrogen) atoms. The summed E-state index contributed by atoms with van der Waals surface area (Å²) in [6.45, 7) is 17.7. The van der Waals surface area contributed by atoms with Gasteiger partial charge in [0.05, 0.1) is 0 Å². The van der Waals surface area contributed by atoms with Crippen LogP contribution in [0.2, 0.25) is 0 Å². The van der Waals surface area contributed by atoms with Gasteiger partial charge in [-0.05, 0) is 0 Å². The van der Waals surface area contributed by atoms with Gasteiger partial charge in [-0.3, -0.25) is 0 Å². The Hall–Kier alpha value is -1.34. The van der Waals surface area contributed by atoms with Crippen LogP contribution in [-0.4, -0.2) is 15.3 Å². The van der Waals surface area contributed by atoms with E-state index >= 15 is 0 Å². The van der Waals surface area contributed by atoms with E-state index in [1.54, 1.807) is 0 Å². The fourth-order valence-electron chi connectivity index (χ4n) is 2.96. The molecule has 0 radical (unpaired) electrons. The second kappa shape index (κ2) is 9.55. The molecule has 0 heterocycles. The summed E-state index contributed by atoms with van der Waals surface area (Å²) in [6, 6.07) is 15.2. The SMILES string of the molecule is C=CC(O[Se]c1c(C(C)C)cc(C(C)C)cc1C(C)C)c1ccccc1. The Bertz CT molecular complexity index is 687. The molecule has 2 aromatic rings. The fraction of sp³-hybridized carbons (Fsp3) is 0.417. The van der Waals surface area contributed by atoms with Gasteiger partial charge in [-0.2, -0.15) is 0 Å². The molecular formula is C24H32OSe. The zero-order valence-electron chi connectivity index (χ0n) is 17.0. The van der Waals surface area contributed by atoms with Crippen LogP contribution in [0.5, 0.6) is 0 Å². The monoisotopic (exact) mass is 416 g/mol. The fourth-order valence-corrected chi connectivity index (χ4v) is 5.42. The molecule has 2 rings (SSSR count).